The van der Waals surface area contributed by atoms with Crippen LogP contribution >= 0.6 is 23.1 Å². The first kappa shape index (κ1) is 15.1. The van der Waals surface area contributed by atoms with Crippen molar-refractivity contribution in [2.24, 2.45) is 5.92 Å². The van der Waals surface area contributed by atoms with E-state index in [0.29, 0.717) is 17.7 Å². The number of aromatic nitrogens is 1. The first-order valence-corrected chi connectivity index (χ1v) is 8.36. The van der Waals surface area contributed by atoms with E-state index in [1.54, 1.807) is 6.92 Å². The molecular weight excluding hydrogens is 292 g/mol. The Morgan fingerprint density at radius 2 is 2.30 bits per heavy atom. The van der Waals surface area contributed by atoms with Gasteiger partial charge >= 0.3 is 6.09 Å². The van der Waals surface area contributed by atoms with Crippen LogP contribution in [0.5, 0.6) is 0 Å². The van der Waals surface area contributed by atoms with Gasteiger partial charge in [0.25, 0.3) is 0 Å². The average Bonchev–Trinajstić information content (AvgIpc) is 2.77. The maximum absolute atomic E-state index is 11.4. The van der Waals surface area contributed by atoms with E-state index >= 15 is 0 Å². The molecule has 1 aromatic carbocycles. The van der Waals surface area contributed by atoms with Crippen LogP contribution in [0.25, 0.3) is 10.2 Å². The van der Waals surface area contributed by atoms with Gasteiger partial charge in [0.2, 0.25) is 0 Å². The van der Waals surface area contributed by atoms with Gasteiger partial charge in [0.15, 0.2) is 5.13 Å². The van der Waals surface area contributed by atoms with Gasteiger partial charge in [0.1, 0.15) is 0 Å². The van der Waals surface area contributed by atoms with E-state index in [2.05, 4.69) is 36.3 Å². The van der Waals surface area contributed by atoms with Crippen molar-refractivity contribution in [2.45, 2.75) is 25.7 Å². The topological polar surface area (TPSA) is 51.2 Å². The number of carbonyl (C=O) groups excluding carboxylic acids is 1. The van der Waals surface area contributed by atoms with Gasteiger partial charge in [-0.3, -0.25) is 5.32 Å². The summed E-state index contributed by atoms with van der Waals surface area (Å²) in [6, 6.07) is 6.18. The number of hydrogen-bond donors (Lipinski definition) is 1. The number of benzene rings is 1. The average molecular weight is 310 g/mol. The van der Waals surface area contributed by atoms with E-state index in [0.717, 1.165) is 16.0 Å². The van der Waals surface area contributed by atoms with E-state index in [9.17, 15) is 4.79 Å². The van der Waals surface area contributed by atoms with Gasteiger partial charge in [-0.15, -0.1) is 11.8 Å². The Bertz CT molecular complexity index is 596. The number of anilines is 1. The van der Waals surface area contributed by atoms with Crippen molar-refractivity contribution in [2.75, 3.05) is 17.7 Å². The van der Waals surface area contributed by atoms with Crippen molar-refractivity contribution in [3.63, 3.8) is 0 Å². The number of fused-ring (bicyclic) bond motifs is 1. The number of carbonyl (C=O) groups is 1. The maximum Gasteiger partial charge on any atom is 0.413 e. The Hall–Kier alpha value is -1.27. The molecular formula is C14H18N2O2S2. The first-order chi connectivity index (χ1) is 9.58. The zero-order chi connectivity index (χ0) is 14.5. The predicted octanol–water partition coefficient (Wildman–Crippen LogP) is 4.61. The molecule has 0 saturated carbocycles. The smallest absolute Gasteiger partial charge is 0.413 e. The van der Waals surface area contributed by atoms with Gasteiger partial charge in [-0.05, 0) is 31.0 Å². The van der Waals surface area contributed by atoms with Crippen LogP contribution in [0.3, 0.4) is 0 Å². The van der Waals surface area contributed by atoms with Gasteiger partial charge < -0.3 is 4.74 Å². The molecule has 6 heteroatoms. The van der Waals surface area contributed by atoms with Crippen molar-refractivity contribution in [1.82, 2.24) is 4.98 Å². The fourth-order valence-corrected chi connectivity index (χ4v) is 3.42. The molecule has 0 atom stereocenters. The summed E-state index contributed by atoms with van der Waals surface area (Å²) >= 11 is 3.30. The summed E-state index contributed by atoms with van der Waals surface area (Å²) in [5, 5.41) is 3.21. The molecule has 0 fully saturated rings. The summed E-state index contributed by atoms with van der Waals surface area (Å²) in [6.07, 6.45) is -0.457. The van der Waals surface area contributed by atoms with E-state index < -0.39 is 6.09 Å². The molecule has 0 spiro atoms. The molecule has 0 radical (unpaired) electrons. The number of nitrogens with zero attached hydrogens (tertiary/aromatic N) is 1. The molecule has 20 heavy (non-hydrogen) atoms. The van der Waals surface area contributed by atoms with Crippen molar-refractivity contribution >= 4 is 44.5 Å². The molecule has 1 amide bonds. The third-order valence-electron chi connectivity index (χ3n) is 2.43. The van der Waals surface area contributed by atoms with E-state index in [1.807, 2.05) is 17.8 Å². The number of rotatable bonds is 5. The number of thioether (sulfide) groups is 1. The highest BCUT2D eigenvalue weighted by Gasteiger charge is 2.09. The summed E-state index contributed by atoms with van der Waals surface area (Å²) in [4.78, 5) is 17.0. The van der Waals surface area contributed by atoms with Crippen LogP contribution in [0.2, 0.25) is 0 Å². The SMILES string of the molecule is CCOC(=O)Nc1nc2ccc(SCC(C)C)cc2s1. The molecule has 2 aromatic rings. The third-order valence-corrected chi connectivity index (χ3v) is 4.78. The first-order valence-electron chi connectivity index (χ1n) is 6.55. The van der Waals surface area contributed by atoms with Crippen LogP contribution in [-0.4, -0.2) is 23.4 Å². The number of nitrogens with one attached hydrogen (secondary N) is 1. The fraction of sp³-hybridized carbons (Fsp3) is 0.429. The predicted molar refractivity (Wildman–Crippen MR) is 85.8 cm³/mol. The Balaban J connectivity index is 2.11. The number of thiazole rings is 1. The Morgan fingerprint density at radius 1 is 1.50 bits per heavy atom. The van der Waals surface area contributed by atoms with Crippen LogP contribution < -0.4 is 5.32 Å². The van der Waals surface area contributed by atoms with Crippen LogP contribution in [0, 0.1) is 5.92 Å². The molecule has 0 saturated heterocycles. The number of ether oxygens (including phenoxy) is 1. The van der Waals surface area contributed by atoms with Crippen LogP contribution in [0.15, 0.2) is 23.1 Å². The highest BCUT2D eigenvalue weighted by molar-refractivity contribution is 7.99. The second kappa shape index (κ2) is 6.95. The molecule has 2 rings (SSSR count). The maximum atomic E-state index is 11.4. The summed E-state index contributed by atoms with van der Waals surface area (Å²) in [6.45, 7) is 6.54. The molecule has 0 aliphatic carbocycles. The standard InChI is InChI=1S/C14H18N2O2S2/c1-4-18-14(17)16-13-15-11-6-5-10(7-12(11)20-13)19-8-9(2)3/h5-7,9H,4,8H2,1-3H3,(H,15,16,17). The zero-order valence-corrected chi connectivity index (χ0v) is 13.4. The fourth-order valence-electron chi connectivity index (χ4n) is 1.57. The third kappa shape index (κ3) is 4.11. The van der Waals surface area contributed by atoms with Crippen molar-refractivity contribution in [3.05, 3.63) is 18.2 Å². The molecule has 1 heterocycles. The highest BCUT2D eigenvalue weighted by Crippen LogP contribution is 2.30. The lowest BCUT2D eigenvalue weighted by molar-refractivity contribution is 0.168. The summed E-state index contributed by atoms with van der Waals surface area (Å²) in [5.41, 5.74) is 0.899. The van der Waals surface area contributed by atoms with Crippen molar-refractivity contribution in [3.8, 4) is 0 Å². The molecule has 108 valence electrons. The van der Waals surface area contributed by atoms with Gasteiger partial charge in [0, 0.05) is 10.6 Å². The van der Waals surface area contributed by atoms with Gasteiger partial charge in [-0.2, -0.15) is 0 Å². The van der Waals surface area contributed by atoms with Crippen LogP contribution in [-0.2, 0) is 4.74 Å². The normalized spacial score (nSPS) is 11.0. The molecule has 1 N–H and O–H groups in total. The minimum absolute atomic E-state index is 0.354. The van der Waals surface area contributed by atoms with E-state index in [-0.39, 0.29) is 0 Å². The monoisotopic (exact) mass is 310 g/mol. The largest absolute Gasteiger partial charge is 0.450 e. The zero-order valence-electron chi connectivity index (χ0n) is 11.8. The van der Waals surface area contributed by atoms with Crippen molar-refractivity contribution in [1.29, 1.82) is 0 Å². The summed E-state index contributed by atoms with van der Waals surface area (Å²) < 4.78 is 5.92. The quantitative estimate of drug-likeness (QED) is 0.819. The second-order valence-corrected chi connectivity index (χ2v) is 6.82. The molecule has 1 aromatic heterocycles. The lowest BCUT2D eigenvalue weighted by Gasteiger charge is -2.03. The molecule has 4 nitrogen and oxygen atoms in total. The Labute approximate surface area is 126 Å². The molecule has 0 unspecified atom stereocenters. The molecule has 0 aliphatic rings. The van der Waals surface area contributed by atoms with Gasteiger partial charge in [-0.25, -0.2) is 9.78 Å². The molecule has 0 aliphatic heterocycles. The summed E-state index contributed by atoms with van der Waals surface area (Å²) in [5.74, 6) is 1.76. The lowest BCUT2D eigenvalue weighted by atomic mass is 10.3. The van der Waals surface area contributed by atoms with Crippen molar-refractivity contribution < 1.29 is 9.53 Å². The second-order valence-electron chi connectivity index (χ2n) is 4.70. The summed E-state index contributed by atoms with van der Waals surface area (Å²) in [7, 11) is 0. The highest BCUT2D eigenvalue weighted by atomic mass is 32.2. The Morgan fingerprint density at radius 3 is 3.00 bits per heavy atom. The van der Waals surface area contributed by atoms with Gasteiger partial charge in [-0.1, -0.05) is 25.2 Å². The Kier molecular flexibility index (Phi) is 5.25. The minimum Gasteiger partial charge on any atom is -0.450 e. The van der Waals surface area contributed by atoms with Crippen LogP contribution in [0.1, 0.15) is 20.8 Å². The minimum atomic E-state index is -0.457. The van der Waals surface area contributed by atoms with E-state index in [4.69, 9.17) is 4.74 Å². The number of hydrogen-bond acceptors (Lipinski definition) is 5. The lowest BCUT2D eigenvalue weighted by Crippen LogP contribution is -2.12. The number of amides is 1. The van der Waals surface area contributed by atoms with E-state index in [1.165, 1.54) is 16.2 Å². The van der Waals surface area contributed by atoms with Gasteiger partial charge in [0.05, 0.1) is 16.8 Å². The van der Waals surface area contributed by atoms with Crippen LogP contribution in [0.4, 0.5) is 9.93 Å². The molecule has 0 bridgehead atoms.